The van der Waals surface area contributed by atoms with Crippen molar-refractivity contribution in [3.8, 4) is 5.69 Å². The first-order valence-corrected chi connectivity index (χ1v) is 6.86. The number of rotatable bonds is 7. The summed E-state index contributed by atoms with van der Waals surface area (Å²) in [5.74, 6) is 0.816. The van der Waals surface area contributed by atoms with E-state index in [9.17, 15) is 0 Å². The van der Waals surface area contributed by atoms with Crippen LogP contribution in [0.5, 0.6) is 0 Å². The standard InChI is InChI=1S/C14H21N5O/c1-4-15-11(2)14-16-17-18-19(14)13-8-6-5-7-12(13)9-10-20-3/h5-8,11,15H,4,9-10H2,1-3H3. The van der Waals surface area contributed by atoms with Gasteiger partial charge in [-0.1, -0.05) is 25.1 Å². The highest BCUT2D eigenvalue weighted by Gasteiger charge is 2.16. The summed E-state index contributed by atoms with van der Waals surface area (Å²) in [6, 6.07) is 8.23. The predicted octanol–water partition coefficient (Wildman–Crippen LogP) is 1.52. The third kappa shape index (κ3) is 3.20. The summed E-state index contributed by atoms with van der Waals surface area (Å²) >= 11 is 0. The molecule has 0 aliphatic heterocycles. The number of aromatic nitrogens is 4. The van der Waals surface area contributed by atoms with Crippen molar-refractivity contribution in [1.82, 2.24) is 25.5 Å². The number of benzene rings is 1. The van der Waals surface area contributed by atoms with Crippen LogP contribution in [0.3, 0.4) is 0 Å². The highest BCUT2D eigenvalue weighted by atomic mass is 16.5. The summed E-state index contributed by atoms with van der Waals surface area (Å²) in [6.07, 6.45) is 0.835. The number of nitrogens with zero attached hydrogens (tertiary/aromatic N) is 4. The van der Waals surface area contributed by atoms with Crippen molar-refractivity contribution < 1.29 is 4.74 Å². The smallest absolute Gasteiger partial charge is 0.173 e. The van der Waals surface area contributed by atoms with Gasteiger partial charge in [0.15, 0.2) is 5.82 Å². The molecule has 0 aliphatic rings. The van der Waals surface area contributed by atoms with Crippen LogP contribution in [-0.2, 0) is 11.2 Å². The summed E-state index contributed by atoms with van der Waals surface area (Å²) in [5.41, 5.74) is 2.18. The monoisotopic (exact) mass is 275 g/mol. The van der Waals surface area contributed by atoms with E-state index < -0.39 is 0 Å². The normalized spacial score (nSPS) is 12.6. The third-order valence-electron chi connectivity index (χ3n) is 3.19. The van der Waals surface area contributed by atoms with Crippen LogP contribution in [0.25, 0.3) is 5.69 Å². The number of tetrazole rings is 1. The number of nitrogens with one attached hydrogen (secondary N) is 1. The lowest BCUT2D eigenvalue weighted by Gasteiger charge is -2.14. The minimum atomic E-state index is 0.102. The van der Waals surface area contributed by atoms with Gasteiger partial charge in [0.05, 0.1) is 18.3 Å². The Bertz CT molecular complexity index is 540. The molecule has 0 saturated carbocycles. The second-order valence-corrected chi connectivity index (χ2v) is 4.60. The Labute approximate surface area is 119 Å². The molecule has 1 aromatic carbocycles. The molecule has 1 heterocycles. The summed E-state index contributed by atoms with van der Waals surface area (Å²) in [4.78, 5) is 0. The molecule has 1 unspecified atom stereocenters. The van der Waals surface area contributed by atoms with E-state index in [2.05, 4.69) is 40.8 Å². The summed E-state index contributed by atoms with van der Waals surface area (Å²) in [5, 5.41) is 15.4. The van der Waals surface area contributed by atoms with Gasteiger partial charge >= 0.3 is 0 Å². The van der Waals surface area contributed by atoms with Gasteiger partial charge < -0.3 is 10.1 Å². The van der Waals surface area contributed by atoms with Crippen molar-refractivity contribution in [3.63, 3.8) is 0 Å². The number of para-hydroxylation sites is 1. The van der Waals surface area contributed by atoms with E-state index in [-0.39, 0.29) is 6.04 Å². The number of hydrogen-bond acceptors (Lipinski definition) is 5. The van der Waals surface area contributed by atoms with E-state index in [1.54, 1.807) is 11.8 Å². The minimum Gasteiger partial charge on any atom is -0.384 e. The molecule has 0 saturated heterocycles. The molecule has 1 atom stereocenters. The van der Waals surface area contributed by atoms with Gasteiger partial charge in [0, 0.05) is 7.11 Å². The number of ether oxygens (including phenoxy) is 1. The van der Waals surface area contributed by atoms with E-state index in [0.717, 1.165) is 24.5 Å². The van der Waals surface area contributed by atoms with Crippen LogP contribution >= 0.6 is 0 Å². The van der Waals surface area contributed by atoms with E-state index in [4.69, 9.17) is 4.74 Å². The van der Waals surface area contributed by atoms with Crippen molar-refractivity contribution >= 4 is 0 Å². The highest BCUT2D eigenvalue weighted by Crippen LogP contribution is 2.18. The first-order valence-electron chi connectivity index (χ1n) is 6.86. The quantitative estimate of drug-likeness (QED) is 0.830. The largest absolute Gasteiger partial charge is 0.384 e. The summed E-state index contributed by atoms with van der Waals surface area (Å²) in [7, 11) is 1.71. The Kier molecular flexibility index (Phi) is 5.20. The minimum absolute atomic E-state index is 0.102. The van der Waals surface area contributed by atoms with Gasteiger partial charge in [-0.2, -0.15) is 4.68 Å². The van der Waals surface area contributed by atoms with Gasteiger partial charge in [-0.25, -0.2) is 0 Å². The van der Waals surface area contributed by atoms with Crippen LogP contribution in [0.1, 0.15) is 31.3 Å². The fourth-order valence-corrected chi connectivity index (χ4v) is 2.17. The Hall–Kier alpha value is -1.79. The lowest BCUT2D eigenvalue weighted by atomic mass is 10.1. The first-order chi connectivity index (χ1) is 9.77. The van der Waals surface area contributed by atoms with Crippen molar-refractivity contribution in [2.24, 2.45) is 0 Å². The van der Waals surface area contributed by atoms with Gasteiger partial charge in [-0.05, 0) is 41.9 Å². The molecule has 0 bridgehead atoms. The fourth-order valence-electron chi connectivity index (χ4n) is 2.17. The van der Waals surface area contributed by atoms with Crippen LogP contribution in [-0.4, -0.2) is 40.5 Å². The molecule has 2 aromatic rings. The van der Waals surface area contributed by atoms with Gasteiger partial charge in [0.25, 0.3) is 0 Å². The molecule has 1 aromatic heterocycles. The van der Waals surface area contributed by atoms with E-state index in [1.807, 2.05) is 18.2 Å². The molecule has 0 aliphatic carbocycles. The maximum absolute atomic E-state index is 5.16. The summed E-state index contributed by atoms with van der Waals surface area (Å²) in [6.45, 7) is 5.68. The zero-order valence-corrected chi connectivity index (χ0v) is 12.2. The van der Waals surface area contributed by atoms with Crippen LogP contribution in [0.4, 0.5) is 0 Å². The van der Waals surface area contributed by atoms with Crippen molar-refractivity contribution in [2.45, 2.75) is 26.3 Å². The molecule has 2 rings (SSSR count). The van der Waals surface area contributed by atoms with Crippen molar-refractivity contribution in [3.05, 3.63) is 35.7 Å². The molecule has 0 fully saturated rings. The van der Waals surface area contributed by atoms with Gasteiger partial charge in [-0.15, -0.1) is 5.10 Å². The molecule has 0 amide bonds. The number of methoxy groups -OCH3 is 1. The van der Waals surface area contributed by atoms with E-state index in [0.29, 0.717) is 6.61 Å². The molecule has 1 N–H and O–H groups in total. The molecule has 20 heavy (non-hydrogen) atoms. The second kappa shape index (κ2) is 7.12. The zero-order valence-electron chi connectivity index (χ0n) is 12.2. The van der Waals surface area contributed by atoms with E-state index in [1.165, 1.54) is 5.56 Å². The molecular formula is C14H21N5O. The van der Waals surface area contributed by atoms with Crippen LogP contribution < -0.4 is 5.32 Å². The fraction of sp³-hybridized carbons (Fsp3) is 0.500. The second-order valence-electron chi connectivity index (χ2n) is 4.60. The topological polar surface area (TPSA) is 64.9 Å². The Morgan fingerprint density at radius 3 is 2.90 bits per heavy atom. The molecular weight excluding hydrogens is 254 g/mol. The predicted molar refractivity (Wildman–Crippen MR) is 76.8 cm³/mol. The van der Waals surface area contributed by atoms with Gasteiger partial charge in [0.2, 0.25) is 0 Å². The Morgan fingerprint density at radius 2 is 2.15 bits per heavy atom. The van der Waals surface area contributed by atoms with E-state index >= 15 is 0 Å². The van der Waals surface area contributed by atoms with Crippen LogP contribution in [0.2, 0.25) is 0 Å². The Morgan fingerprint density at radius 1 is 1.35 bits per heavy atom. The SMILES string of the molecule is CCNC(C)c1nnnn1-c1ccccc1CCOC. The maximum atomic E-state index is 5.16. The Balaban J connectivity index is 2.34. The van der Waals surface area contributed by atoms with Crippen LogP contribution in [0.15, 0.2) is 24.3 Å². The number of hydrogen-bond donors (Lipinski definition) is 1. The molecule has 0 radical (unpaired) electrons. The third-order valence-corrected chi connectivity index (χ3v) is 3.19. The maximum Gasteiger partial charge on any atom is 0.173 e. The van der Waals surface area contributed by atoms with Crippen LogP contribution in [0, 0.1) is 0 Å². The lowest BCUT2D eigenvalue weighted by Crippen LogP contribution is -2.22. The lowest BCUT2D eigenvalue weighted by molar-refractivity contribution is 0.202. The first kappa shape index (κ1) is 14.6. The molecule has 0 spiro atoms. The van der Waals surface area contributed by atoms with Gasteiger partial charge in [0.1, 0.15) is 0 Å². The zero-order chi connectivity index (χ0) is 14.4. The van der Waals surface area contributed by atoms with Gasteiger partial charge in [-0.3, -0.25) is 0 Å². The van der Waals surface area contributed by atoms with Crippen molar-refractivity contribution in [2.75, 3.05) is 20.3 Å². The summed E-state index contributed by atoms with van der Waals surface area (Å²) < 4.78 is 6.96. The molecule has 108 valence electrons. The highest BCUT2D eigenvalue weighted by molar-refractivity contribution is 5.41. The average molecular weight is 275 g/mol. The van der Waals surface area contributed by atoms with Crippen molar-refractivity contribution in [1.29, 1.82) is 0 Å². The average Bonchev–Trinajstić information content (AvgIpc) is 2.95. The molecule has 6 heteroatoms. The molecule has 6 nitrogen and oxygen atoms in total.